The van der Waals surface area contributed by atoms with Crippen LogP contribution >= 0.6 is 0 Å². The zero-order chi connectivity index (χ0) is 24.6. The van der Waals surface area contributed by atoms with Gasteiger partial charge >= 0.3 is 6.09 Å². The number of piperidine rings is 1. The molecular weight excluding hydrogens is 440 g/mol. The number of aromatic nitrogens is 2. The summed E-state index contributed by atoms with van der Waals surface area (Å²) in [4.78, 5) is 18.7. The molecule has 2 heterocycles. The summed E-state index contributed by atoms with van der Waals surface area (Å²) in [6.45, 7) is 6.85. The first-order valence-electron chi connectivity index (χ1n) is 11.9. The molecular formula is C28H28N4O3. The molecule has 5 rings (SSSR count). The van der Waals surface area contributed by atoms with E-state index < -0.39 is 5.60 Å². The molecule has 1 fully saturated rings. The molecule has 0 saturated carbocycles. The summed E-state index contributed by atoms with van der Waals surface area (Å²) >= 11 is 0. The maximum absolute atomic E-state index is 12.3. The topological polar surface area (TPSA) is 80.4 Å². The van der Waals surface area contributed by atoms with Crippen LogP contribution in [0.3, 0.4) is 0 Å². The van der Waals surface area contributed by atoms with Gasteiger partial charge in [0.05, 0.1) is 28.4 Å². The first kappa shape index (κ1) is 22.7. The number of carbonyl (C=O) groups excluding carboxylic acids is 1. The lowest BCUT2D eigenvalue weighted by atomic mass is 10.0. The molecule has 35 heavy (non-hydrogen) atoms. The Morgan fingerprint density at radius 1 is 1.06 bits per heavy atom. The average Bonchev–Trinajstić information content (AvgIpc) is 3.26. The normalized spacial score (nSPS) is 14.7. The molecule has 0 bridgehead atoms. The Labute approximate surface area is 204 Å². The van der Waals surface area contributed by atoms with Crippen molar-refractivity contribution in [1.82, 2.24) is 14.5 Å². The van der Waals surface area contributed by atoms with E-state index in [1.54, 1.807) is 4.90 Å². The summed E-state index contributed by atoms with van der Waals surface area (Å²) in [7, 11) is 0. The molecule has 1 aliphatic heterocycles. The second-order valence-electron chi connectivity index (χ2n) is 9.84. The lowest BCUT2D eigenvalue weighted by Crippen LogP contribution is -2.44. The molecule has 1 amide bonds. The van der Waals surface area contributed by atoms with Gasteiger partial charge in [-0.1, -0.05) is 24.3 Å². The largest absolute Gasteiger partial charge is 0.490 e. The number of nitriles is 1. The number of rotatable bonds is 3. The Bertz CT molecular complexity index is 1440. The highest BCUT2D eigenvalue weighted by molar-refractivity contribution is 5.96. The summed E-state index contributed by atoms with van der Waals surface area (Å²) in [6, 6.07) is 19.9. The fourth-order valence-corrected chi connectivity index (χ4v) is 4.52. The highest BCUT2D eigenvalue weighted by Gasteiger charge is 2.27. The third-order valence-corrected chi connectivity index (χ3v) is 6.20. The van der Waals surface area contributed by atoms with E-state index >= 15 is 0 Å². The molecule has 178 valence electrons. The Morgan fingerprint density at radius 2 is 1.80 bits per heavy atom. The quantitative estimate of drug-likeness (QED) is 0.378. The second kappa shape index (κ2) is 8.95. The first-order chi connectivity index (χ1) is 16.8. The first-order valence-corrected chi connectivity index (χ1v) is 11.9. The van der Waals surface area contributed by atoms with Crippen LogP contribution in [0, 0.1) is 11.3 Å². The summed E-state index contributed by atoms with van der Waals surface area (Å²) in [5, 5.41) is 11.4. The lowest BCUT2D eigenvalue weighted by Gasteiger charge is -2.33. The minimum Gasteiger partial charge on any atom is -0.490 e. The minimum absolute atomic E-state index is 0.0262. The Hall–Kier alpha value is -4.05. The number of likely N-dealkylation sites (tertiary alicyclic amines) is 1. The highest BCUT2D eigenvalue weighted by atomic mass is 16.6. The van der Waals surface area contributed by atoms with Crippen molar-refractivity contribution in [3.63, 3.8) is 0 Å². The maximum atomic E-state index is 12.3. The van der Waals surface area contributed by atoms with Crippen LogP contribution in [0.15, 0.2) is 60.9 Å². The van der Waals surface area contributed by atoms with Gasteiger partial charge in [-0.25, -0.2) is 9.78 Å². The smallest absolute Gasteiger partial charge is 0.410 e. The zero-order valence-electron chi connectivity index (χ0n) is 20.2. The molecule has 3 aromatic carbocycles. The van der Waals surface area contributed by atoms with Gasteiger partial charge in [0.15, 0.2) is 0 Å². The van der Waals surface area contributed by atoms with Gasteiger partial charge in [-0.05, 0) is 45.0 Å². The Balaban J connectivity index is 1.37. The van der Waals surface area contributed by atoms with Gasteiger partial charge in [-0.3, -0.25) is 4.57 Å². The van der Waals surface area contributed by atoms with Gasteiger partial charge in [0, 0.05) is 42.8 Å². The van der Waals surface area contributed by atoms with Crippen LogP contribution in [0.25, 0.3) is 27.5 Å². The predicted octanol–water partition coefficient (Wildman–Crippen LogP) is 5.83. The van der Waals surface area contributed by atoms with Gasteiger partial charge in [-0.15, -0.1) is 0 Å². The molecule has 0 unspecified atom stereocenters. The zero-order valence-corrected chi connectivity index (χ0v) is 20.2. The van der Waals surface area contributed by atoms with Crippen molar-refractivity contribution < 1.29 is 14.3 Å². The van der Waals surface area contributed by atoms with Crippen LogP contribution in [0.1, 0.15) is 39.2 Å². The number of imidazole rings is 1. The van der Waals surface area contributed by atoms with Crippen molar-refractivity contribution >= 4 is 27.9 Å². The number of nitrogens with zero attached hydrogens (tertiary/aromatic N) is 4. The molecule has 4 aromatic rings. The number of hydrogen-bond acceptors (Lipinski definition) is 5. The number of fused-ring (bicyclic) bond motifs is 2. The van der Waals surface area contributed by atoms with E-state index in [4.69, 9.17) is 9.47 Å². The van der Waals surface area contributed by atoms with Gasteiger partial charge in [0.25, 0.3) is 0 Å². The van der Waals surface area contributed by atoms with Crippen molar-refractivity contribution in [2.24, 2.45) is 0 Å². The van der Waals surface area contributed by atoms with Crippen molar-refractivity contribution in [2.75, 3.05) is 13.1 Å². The summed E-state index contributed by atoms with van der Waals surface area (Å²) in [5.41, 5.74) is 2.91. The molecule has 1 aromatic heterocycles. The monoisotopic (exact) mass is 468 g/mol. The summed E-state index contributed by atoms with van der Waals surface area (Å²) < 4.78 is 13.8. The summed E-state index contributed by atoms with van der Waals surface area (Å²) in [5.74, 6) is 0.771. The number of amides is 1. The van der Waals surface area contributed by atoms with Gasteiger partial charge in [-0.2, -0.15) is 5.26 Å². The second-order valence-corrected chi connectivity index (χ2v) is 9.84. The van der Waals surface area contributed by atoms with E-state index in [0.29, 0.717) is 18.7 Å². The van der Waals surface area contributed by atoms with Crippen LogP contribution in [0.5, 0.6) is 5.75 Å². The van der Waals surface area contributed by atoms with E-state index in [2.05, 4.69) is 11.1 Å². The number of hydrogen-bond donors (Lipinski definition) is 0. The molecule has 7 heteroatoms. The lowest BCUT2D eigenvalue weighted by molar-refractivity contribution is 0.0127. The van der Waals surface area contributed by atoms with Crippen molar-refractivity contribution in [1.29, 1.82) is 5.26 Å². The molecule has 0 spiro atoms. The SMILES string of the molecule is CC(C)(C)OC(=O)N1CCC(Oc2ccc3ncn(-c4ccc(C#N)c5ccccc45)c3c2)CC1. The number of benzene rings is 3. The van der Waals surface area contributed by atoms with E-state index in [0.717, 1.165) is 46.1 Å². The van der Waals surface area contributed by atoms with Crippen LogP contribution < -0.4 is 4.74 Å². The van der Waals surface area contributed by atoms with Crippen LogP contribution in [-0.4, -0.2) is 45.3 Å². The van der Waals surface area contributed by atoms with E-state index in [1.807, 2.05) is 86.3 Å². The molecule has 1 aliphatic rings. The fraction of sp³-hybridized carbons (Fsp3) is 0.321. The van der Waals surface area contributed by atoms with Crippen LogP contribution in [0.4, 0.5) is 4.79 Å². The standard InChI is InChI=1S/C28H28N4O3/c1-28(2,3)35-27(33)31-14-12-20(13-15-31)34-21-9-10-24-26(16-21)32(18-30-24)25-11-8-19(17-29)22-6-4-5-7-23(22)25/h4-11,16,18,20H,12-15H2,1-3H3. The van der Waals surface area contributed by atoms with Crippen LogP contribution in [0.2, 0.25) is 0 Å². The summed E-state index contributed by atoms with van der Waals surface area (Å²) in [6.07, 6.45) is 3.06. The maximum Gasteiger partial charge on any atom is 0.410 e. The van der Waals surface area contributed by atoms with E-state index in [1.165, 1.54) is 0 Å². The molecule has 0 aliphatic carbocycles. The molecule has 0 N–H and O–H groups in total. The van der Waals surface area contributed by atoms with Crippen molar-refractivity contribution in [3.8, 4) is 17.5 Å². The third-order valence-electron chi connectivity index (χ3n) is 6.20. The van der Waals surface area contributed by atoms with E-state index in [9.17, 15) is 10.1 Å². The predicted molar refractivity (Wildman–Crippen MR) is 135 cm³/mol. The molecule has 0 radical (unpaired) electrons. The Kier molecular flexibility index (Phi) is 5.81. The van der Waals surface area contributed by atoms with Crippen molar-refractivity contribution in [2.45, 2.75) is 45.3 Å². The fourth-order valence-electron chi connectivity index (χ4n) is 4.52. The average molecular weight is 469 g/mol. The van der Waals surface area contributed by atoms with Gasteiger partial charge in [0.2, 0.25) is 0 Å². The van der Waals surface area contributed by atoms with Gasteiger partial charge < -0.3 is 14.4 Å². The number of ether oxygens (including phenoxy) is 2. The number of carbonyl (C=O) groups is 1. The molecule has 0 atom stereocenters. The third kappa shape index (κ3) is 4.65. The van der Waals surface area contributed by atoms with Gasteiger partial charge in [0.1, 0.15) is 23.8 Å². The highest BCUT2D eigenvalue weighted by Crippen LogP contribution is 2.30. The molecule has 1 saturated heterocycles. The minimum atomic E-state index is -0.497. The van der Waals surface area contributed by atoms with Crippen molar-refractivity contribution in [3.05, 3.63) is 66.5 Å². The molecule has 7 nitrogen and oxygen atoms in total. The van der Waals surface area contributed by atoms with Crippen LogP contribution in [-0.2, 0) is 4.74 Å². The van der Waals surface area contributed by atoms with E-state index in [-0.39, 0.29) is 12.2 Å². The Morgan fingerprint density at radius 3 is 2.51 bits per heavy atom.